The minimum absolute atomic E-state index is 0.00422. The third-order valence-electron chi connectivity index (χ3n) is 8.03. The van der Waals surface area contributed by atoms with Crippen LogP contribution in [0.25, 0.3) is 11.1 Å². The molecule has 0 unspecified atom stereocenters. The van der Waals surface area contributed by atoms with Crippen molar-refractivity contribution in [2.45, 2.75) is 75.2 Å². The van der Waals surface area contributed by atoms with E-state index in [2.05, 4.69) is 0 Å². The van der Waals surface area contributed by atoms with Crippen LogP contribution < -0.4 is 9.47 Å². The Morgan fingerprint density at radius 3 is 1.32 bits per heavy atom. The Kier molecular flexibility index (Phi) is 9.74. The van der Waals surface area contributed by atoms with Crippen LogP contribution >= 0.6 is 0 Å². The molecule has 47 heavy (non-hydrogen) atoms. The predicted molar refractivity (Wildman–Crippen MR) is 158 cm³/mol. The van der Waals surface area contributed by atoms with E-state index in [1.165, 1.54) is 45.0 Å². The van der Waals surface area contributed by atoms with Crippen molar-refractivity contribution in [3.8, 4) is 28.4 Å². The first-order valence-electron chi connectivity index (χ1n) is 14.3. The first-order chi connectivity index (χ1) is 21.8. The third-order valence-corrected chi connectivity index (χ3v) is 9.82. The fraction of sp³-hybridized carbons (Fsp3) is 0.294. The van der Waals surface area contributed by atoms with Gasteiger partial charge in [-0.2, -0.15) is 8.78 Å². The molecule has 13 heteroatoms. The minimum Gasteiger partial charge on any atom is -0.488 e. The summed E-state index contributed by atoms with van der Waals surface area (Å²) in [5.74, 6) is -19.6. The number of hydrogen-bond acceptors (Lipinski definition) is 4. The quantitative estimate of drug-likeness (QED) is 0.123. The summed E-state index contributed by atoms with van der Waals surface area (Å²) in [7, 11) is -4.10. The van der Waals surface area contributed by atoms with E-state index < -0.39 is 95.6 Å². The first-order valence-corrected chi connectivity index (χ1v) is 15.8. The maximum Gasteiger partial charge on any atom is 0.206 e. The highest BCUT2D eigenvalue weighted by atomic mass is 32.2. The van der Waals surface area contributed by atoms with Crippen molar-refractivity contribution in [2.75, 3.05) is 0 Å². The minimum atomic E-state index is -4.10. The molecule has 4 nitrogen and oxygen atoms in total. The van der Waals surface area contributed by atoms with E-state index in [1.54, 1.807) is 0 Å². The van der Waals surface area contributed by atoms with Crippen LogP contribution in [0.15, 0.2) is 58.3 Å². The van der Waals surface area contributed by atoms with Crippen molar-refractivity contribution >= 4 is 9.84 Å². The van der Waals surface area contributed by atoms with Crippen molar-refractivity contribution in [1.29, 1.82) is 0 Å². The Bertz CT molecular complexity index is 1880. The second-order valence-corrected chi connectivity index (χ2v) is 13.9. The Hall–Kier alpha value is -4.13. The molecule has 4 aromatic carbocycles. The van der Waals surface area contributed by atoms with Gasteiger partial charge >= 0.3 is 0 Å². The van der Waals surface area contributed by atoms with E-state index in [1.807, 2.05) is 20.8 Å². The zero-order chi connectivity index (χ0) is 35.2. The van der Waals surface area contributed by atoms with Gasteiger partial charge in [-0.3, -0.25) is 0 Å². The summed E-state index contributed by atoms with van der Waals surface area (Å²) in [5.41, 5.74) is -7.01. The number of halogens is 8. The molecule has 0 atom stereocenters. The van der Waals surface area contributed by atoms with Gasteiger partial charge in [0.15, 0.2) is 34.9 Å². The highest BCUT2D eigenvalue weighted by Gasteiger charge is 2.38. The molecular weight excluding hydrogens is 656 g/mol. The van der Waals surface area contributed by atoms with Gasteiger partial charge in [-0.05, 0) is 80.6 Å². The summed E-state index contributed by atoms with van der Waals surface area (Å²) < 4.78 is 157. The van der Waals surface area contributed by atoms with E-state index >= 15 is 26.3 Å². The van der Waals surface area contributed by atoms with Crippen molar-refractivity contribution in [2.24, 2.45) is 0 Å². The highest BCUT2D eigenvalue weighted by molar-refractivity contribution is 7.91. The molecule has 0 saturated heterocycles. The van der Waals surface area contributed by atoms with E-state index in [-0.39, 0.29) is 16.2 Å². The number of rotatable bonds is 10. The van der Waals surface area contributed by atoms with E-state index in [0.717, 1.165) is 24.3 Å². The van der Waals surface area contributed by atoms with Gasteiger partial charge in [-0.1, -0.05) is 27.7 Å². The fourth-order valence-electron chi connectivity index (χ4n) is 4.56. The number of ether oxygens (including phenoxy) is 2. The Morgan fingerprint density at radius 1 is 0.553 bits per heavy atom. The summed E-state index contributed by atoms with van der Waals surface area (Å²) in [6.45, 7) is 9.67. The molecule has 0 aliphatic heterocycles. The van der Waals surface area contributed by atoms with Gasteiger partial charge < -0.3 is 9.47 Å². The van der Waals surface area contributed by atoms with E-state index in [9.17, 15) is 17.2 Å². The molecule has 0 spiro atoms. The van der Waals surface area contributed by atoms with Gasteiger partial charge in [-0.15, -0.1) is 0 Å². The maximum atomic E-state index is 15.1. The average Bonchev–Trinajstić information content (AvgIpc) is 3.03. The van der Waals surface area contributed by atoms with Gasteiger partial charge in [0.25, 0.3) is 0 Å². The summed E-state index contributed by atoms with van der Waals surface area (Å²) in [6.07, 6.45) is 0.700. The van der Waals surface area contributed by atoms with Crippen molar-refractivity contribution in [3.63, 3.8) is 0 Å². The number of hydrogen-bond donors (Lipinski definition) is 0. The molecule has 0 N–H and O–H groups in total. The van der Waals surface area contributed by atoms with Gasteiger partial charge in [-0.25, -0.2) is 34.8 Å². The van der Waals surface area contributed by atoms with Crippen LogP contribution in [0, 0.1) is 46.5 Å². The standard InChI is InChI=1S/C34H30F8O4S/c1-7-33(3,4)23-28(39)24(35)21(25(36)29(23)40)22-26(37)30(41)32(31(42)27(22)38)45-17-9-13-19(14-10-17)47(43,44)20-15-11-18(12-16-20)46-34(5,6)8-2/h9-16H,7-8H2,1-6H3. The van der Waals surface area contributed by atoms with Gasteiger partial charge in [0.05, 0.1) is 20.9 Å². The molecule has 0 saturated carbocycles. The molecule has 0 aliphatic carbocycles. The summed E-state index contributed by atoms with van der Waals surface area (Å²) in [5, 5.41) is 0. The largest absolute Gasteiger partial charge is 0.488 e. The van der Waals surface area contributed by atoms with Crippen LogP contribution in [-0.4, -0.2) is 14.0 Å². The summed E-state index contributed by atoms with van der Waals surface area (Å²) >= 11 is 0. The van der Waals surface area contributed by atoms with Gasteiger partial charge in [0.2, 0.25) is 27.2 Å². The zero-order valence-electron chi connectivity index (χ0n) is 26.1. The number of sulfone groups is 1. The second-order valence-electron chi connectivity index (χ2n) is 12.0. The fourth-order valence-corrected chi connectivity index (χ4v) is 5.82. The second kappa shape index (κ2) is 12.8. The molecule has 252 valence electrons. The average molecular weight is 687 g/mol. The van der Waals surface area contributed by atoms with Crippen molar-refractivity contribution < 1.29 is 53.0 Å². The van der Waals surface area contributed by atoms with Crippen LogP contribution in [0.1, 0.15) is 59.9 Å². The molecule has 0 aliphatic rings. The molecule has 4 aromatic rings. The molecule has 0 radical (unpaired) electrons. The third kappa shape index (κ3) is 6.54. The van der Waals surface area contributed by atoms with Crippen LogP contribution in [-0.2, 0) is 15.3 Å². The monoisotopic (exact) mass is 686 g/mol. The molecule has 0 bridgehead atoms. The van der Waals surface area contributed by atoms with Crippen LogP contribution in [0.2, 0.25) is 0 Å². The highest BCUT2D eigenvalue weighted by Crippen LogP contribution is 2.43. The topological polar surface area (TPSA) is 52.6 Å². The molecule has 0 fully saturated rings. The summed E-state index contributed by atoms with van der Waals surface area (Å²) in [4.78, 5) is -0.381. The van der Waals surface area contributed by atoms with Gasteiger partial charge in [0, 0.05) is 5.56 Å². The Balaban J connectivity index is 1.68. The first kappa shape index (κ1) is 35.7. The van der Waals surface area contributed by atoms with E-state index in [0.29, 0.717) is 12.2 Å². The lowest BCUT2D eigenvalue weighted by Crippen LogP contribution is -2.26. The maximum absolute atomic E-state index is 15.1. The van der Waals surface area contributed by atoms with Crippen LogP contribution in [0.3, 0.4) is 0 Å². The van der Waals surface area contributed by atoms with Crippen molar-refractivity contribution in [3.05, 3.63) is 101 Å². The number of benzene rings is 4. The normalized spacial score (nSPS) is 12.4. The van der Waals surface area contributed by atoms with Crippen molar-refractivity contribution in [1.82, 2.24) is 0 Å². The molecule has 4 rings (SSSR count). The smallest absolute Gasteiger partial charge is 0.206 e. The summed E-state index contributed by atoms with van der Waals surface area (Å²) in [6, 6.07) is 9.47. The lowest BCUT2D eigenvalue weighted by Gasteiger charge is -2.26. The molecular formula is C34H30F8O4S. The molecule has 0 heterocycles. The lowest BCUT2D eigenvalue weighted by atomic mass is 9.80. The Labute approximate surface area is 266 Å². The zero-order valence-corrected chi connectivity index (χ0v) is 26.9. The predicted octanol–water partition coefficient (Wildman–Crippen LogP) is 10.3. The van der Waals surface area contributed by atoms with E-state index in [4.69, 9.17) is 9.47 Å². The van der Waals surface area contributed by atoms with Crippen LogP contribution in [0.4, 0.5) is 35.1 Å². The van der Waals surface area contributed by atoms with Gasteiger partial charge in [0.1, 0.15) is 17.1 Å². The van der Waals surface area contributed by atoms with Crippen LogP contribution in [0.5, 0.6) is 17.2 Å². The Morgan fingerprint density at radius 2 is 0.936 bits per heavy atom. The molecule has 0 amide bonds. The molecule has 0 aromatic heterocycles. The SMILES string of the molecule is CCC(C)(C)Oc1ccc(S(=O)(=O)c2ccc(Oc3c(F)c(F)c(-c4c(F)c(F)c(C(C)(C)CC)c(F)c4F)c(F)c3F)cc2)cc1. The lowest BCUT2D eigenvalue weighted by molar-refractivity contribution is 0.105.